The first kappa shape index (κ1) is 17.9. The van der Waals surface area contributed by atoms with Gasteiger partial charge in [0.1, 0.15) is 5.82 Å². The van der Waals surface area contributed by atoms with Gasteiger partial charge in [-0.15, -0.1) is 0 Å². The van der Waals surface area contributed by atoms with Crippen molar-refractivity contribution in [1.82, 2.24) is 15.1 Å². The highest BCUT2D eigenvalue weighted by Gasteiger charge is 2.24. The Bertz CT molecular complexity index is 495. The lowest BCUT2D eigenvalue weighted by Crippen LogP contribution is -2.48. The fraction of sp³-hybridized carbons (Fsp3) is 0.611. The van der Waals surface area contributed by atoms with Crippen LogP contribution in [-0.2, 0) is 4.79 Å². The Morgan fingerprint density at radius 3 is 2.35 bits per heavy atom. The van der Waals surface area contributed by atoms with E-state index >= 15 is 0 Å². The maximum Gasteiger partial charge on any atom is 0.220 e. The van der Waals surface area contributed by atoms with E-state index in [0.29, 0.717) is 18.9 Å². The van der Waals surface area contributed by atoms with Crippen LogP contribution in [0.3, 0.4) is 0 Å². The summed E-state index contributed by atoms with van der Waals surface area (Å²) in [5.74, 6) is 0.207. The number of rotatable bonds is 6. The van der Waals surface area contributed by atoms with Crippen molar-refractivity contribution < 1.29 is 9.18 Å². The van der Waals surface area contributed by atoms with Gasteiger partial charge in [0.05, 0.1) is 6.04 Å². The number of carbonyl (C=O) groups is 1. The van der Waals surface area contributed by atoms with Crippen LogP contribution in [0.25, 0.3) is 0 Å². The topological polar surface area (TPSA) is 35.6 Å². The van der Waals surface area contributed by atoms with E-state index in [0.717, 1.165) is 31.7 Å². The Hall–Kier alpha value is -1.46. The summed E-state index contributed by atoms with van der Waals surface area (Å²) in [6.45, 7) is 8.59. The Morgan fingerprint density at radius 2 is 1.78 bits per heavy atom. The molecule has 1 N–H and O–H groups in total. The Labute approximate surface area is 138 Å². The van der Waals surface area contributed by atoms with Crippen molar-refractivity contribution in [2.24, 2.45) is 5.92 Å². The second-order valence-electron chi connectivity index (χ2n) is 6.81. The van der Waals surface area contributed by atoms with Crippen LogP contribution in [0.4, 0.5) is 4.39 Å². The predicted molar refractivity (Wildman–Crippen MR) is 90.7 cm³/mol. The molecule has 5 heteroatoms. The highest BCUT2D eigenvalue weighted by Crippen LogP contribution is 2.22. The largest absolute Gasteiger partial charge is 0.354 e. The molecule has 0 bridgehead atoms. The molecule has 1 heterocycles. The van der Waals surface area contributed by atoms with E-state index in [9.17, 15) is 9.18 Å². The van der Waals surface area contributed by atoms with Crippen molar-refractivity contribution in [3.05, 3.63) is 35.6 Å². The molecule has 0 spiro atoms. The Balaban J connectivity index is 2.05. The standard InChI is InChI=1S/C18H28FN3O/c1-14(2)12-18(23)20-13-17(15-4-6-16(19)7-5-15)22-10-8-21(3)9-11-22/h4-7,14,17H,8-13H2,1-3H3,(H,20,23). The smallest absolute Gasteiger partial charge is 0.220 e. The number of piperazine rings is 1. The molecule has 0 aliphatic carbocycles. The number of benzene rings is 1. The van der Waals surface area contributed by atoms with Crippen LogP contribution >= 0.6 is 0 Å². The molecule has 4 nitrogen and oxygen atoms in total. The summed E-state index contributed by atoms with van der Waals surface area (Å²) in [6.07, 6.45) is 0.541. The van der Waals surface area contributed by atoms with E-state index < -0.39 is 0 Å². The molecule has 1 atom stereocenters. The van der Waals surface area contributed by atoms with Gasteiger partial charge < -0.3 is 10.2 Å². The molecular weight excluding hydrogens is 293 g/mol. The molecule has 1 aliphatic heterocycles. The van der Waals surface area contributed by atoms with Crippen LogP contribution in [0.1, 0.15) is 31.9 Å². The summed E-state index contributed by atoms with van der Waals surface area (Å²) in [7, 11) is 2.12. The molecule has 1 aromatic rings. The van der Waals surface area contributed by atoms with Gasteiger partial charge in [-0.2, -0.15) is 0 Å². The summed E-state index contributed by atoms with van der Waals surface area (Å²) in [6, 6.07) is 6.74. The highest BCUT2D eigenvalue weighted by atomic mass is 19.1. The number of halogens is 1. The van der Waals surface area contributed by atoms with Crippen LogP contribution in [0.15, 0.2) is 24.3 Å². The number of hydrogen-bond acceptors (Lipinski definition) is 3. The van der Waals surface area contributed by atoms with Gasteiger partial charge in [0.25, 0.3) is 0 Å². The third-order valence-corrected chi connectivity index (χ3v) is 4.32. The van der Waals surface area contributed by atoms with Crippen molar-refractivity contribution in [3.8, 4) is 0 Å². The first-order chi connectivity index (χ1) is 11.0. The van der Waals surface area contributed by atoms with E-state index in [1.54, 1.807) is 0 Å². The summed E-state index contributed by atoms with van der Waals surface area (Å²) < 4.78 is 13.2. The zero-order chi connectivity index (χ0) is 16.8. The second-order valence-corrected chi connectivity index (χ2v) is 6.81. The first-order valence-corrected chi connectivity index (χ1v) is 8.40. The molecule has 1 unspecified atom stereocenters. The minimum atomic E-state index is -0.227. The summed E-state index contributed by atoms with van der Waals surface area (Å²) in [4.78, 5) is 16.7. The van der Waals surface area contributed by atoms with Crippen LogP contribution in [0.2, 0.25) is 0 Å². The maximum absolute atomic E-state index is 13.2. The van der Waals surface area contributed by atoms with Crippen molar-refractivity contribution >= 4 is 5.91 Å². The van der Waals surface area contributed by atoms with Crippen LogP contribution in [-0.4, -0.2) is 55.5 Å². The van der Waals surface area contributed by atoms with Crippen LogP contribution < -0.4 is 5.32 Å². The van der Waals surface area contributed by atoms with Crippen LogP contribution in [0.5, 0.6) is 0 Å². The molecule has 2 rings (SSSR count). The molecule has 1 aliphatic rings. The minimum absolute atomic E-state index is 0.0845. The number of nitrogens with one attached hydrogen (secondary N) is 1. The van der Waals surface area contributed by atoms with Crippen LogP contribution in [0, 0.1) is 11.7 Å². The molecule has 1 saturated heterocycles. The van der Waals surface area contributed by atoms with Gasteiger partial charge in [-0.3, -0.25) is 9.69 Å². The quantitative estimate of drug-likeness (QED) is 0.873. The van der Waals surface area contributed by atoms with Gasteiger partial charge in [-0.1, -0.05) is 26.0 Å². The Kier molecular flexibility index (Phi) is 6.54. The minimum Gasteiger partial charge on any atom is -0.354 e. The third kappa shape index (κ3) is 5.59. The molecule has 128 valence electrons. The molecule has 0 aromatic heterocycles. The van der Waals surface area contributed by atoms with Gasteiger partial charge in [0.2, 0.25) is 5.91 Å². The van der Waals surface area contributed by atoms with Gasteiger partial charge in [0, 0.05) is 39.1 Å². The number of likely N-dealkylation sites (N-methyl/N-ethyl adjacent to an activating group) is 1. The first-order valence-electron chi connectivity index (χ1n) is 8.40. The molecule has 0 saturated carbocycles. The van der Waals surface area contributed by atoms with Crippen molar-refractivity contribution in [2.75, 3.05) is 39.8 Å². The fourth-order valence-corrected chi connectivity index (χ4v) is 2.93. The lowest BCUT2D eigenvalue weighted by molar-refractivity contribution is -0.122. The molecule has 1 amide bonds. The molecular formula is C18H28FN3O. The molecule has 0 radical (unpaired) electrons. The van der Waals surface area contributed by atoms with Crippen molar-refractivity contribution in [3.63, 3.8) is 0 Å². The zero-order valence-corrected chi connectivity index (χ0v) is 14.4. The summed E-state index contributed by atoms with van der Waals surface area (Å²) >= 11 is 0. The summed E-state index contributed by atoms with van der Waals surface area (Å²) in [5, 5.41) is 3.05. The molecule has 23 heavy (non-hydrogen) atoms. The van der Waals surface area contributed by atoms with E-state index in [-0.39, 0.29) is 17.8 Å². The maximum atomic E-state index is 13.2. The predicted octanol–water partition coefficient (Wildman–Crippen LogP) is 2.28. The van der Waals surface area contributed by atoms with Gasteiger partial charge in [0.15, 0.2) is 0 Å². The fourth-order valence-electron chi connectivity index (χ4n) is 2.93. The SMILES string of the molecule is CC(C)CC(=O)NCC(c1ccc(F)cc1)N1CCN(C)CC1. The lowest BCUT2D eigenvalue weighted by Gasteiger charge is -2.38. The normalized spacial score (nSPS) is 18.1. The molecule has 1 aromatic carbocycles. The highest BCUT2D eigenvalue weighted by molar-refractivity contribution is 5.76. The third-order valence-electron chi connectivity index (χ3n) is 4.32. The summed E-state index contributed by atoms with van der Waals surface area (Å²) in [5.41, 5.74) is 1.06. The van der Waals surface area contributed by atoms with Gasteiger partial charge in [-0.25, -0.2) is 4.39 Å². The van der Waals surface area contributed by atoms with E-state index in [1.165, 1.54) is 12.1 Å². The van der Waals surface area contributed by atoms with E-state index in [4.69, 9.17) is 0 Å². The van der Waals surface area contributed by atoms with Gasteiger partial charge in [-0.05, 0) is 30.7 Å². The number of nitrogens with zero attached hydrogens (tertiary/aromatic N) is 2. The van der Waals surface area contributed by atoms with Crippen molar-refractivity contribution in [1.29, 1.82) is 0 Å². The average molecular weight is 321 g/mol. The number of amides is 1. The van der Waals surface area contributed by atoms with Gasteiger partial charge >= 0.3 is 0 Å². The lowest BCUT2D eigenvalue weighted by atomic mass is 10.0. The second kappa shape index (κ2) is 8.41. The van der Waals surface area contributed by atoms with E-state index in [2.05, 4.69) is 22.2 Å². The average Bonchev–Trinajstić information content (AvgIpc) is 2.50. The monoisotopic (exact) mass is 321 g/mol. The number of hydrogen-bond donors (Lipinski definition) is 1. The zero-order valence-electron chi connectivity index (χ0n) is 14.4. The molecule has 1 fully saturated rings. The number of carbonyl (C=O) groups excluding carboxylic acids is 1. The van der Waals surface area contributed by atoms with E-state index in [1.807, 2.05) is 26.0 Å². The van der Waals surface area contributed by atoms with Crippen molar-refractivity contribution in [2.45, 2.75) is 26.3 Å². The Morgan fingerprint density at radius 1 is 1.17 bits per heavy atom.